The van der Waals surface area contributed by atoms with E-state index in [4.69, 9.17) is 4.74 Å². The molecule has 6 rings (SSSR count). The Morgan fingerprint density at radius 3 is 2.31 bits per heavy atom. The van der Waals surface area contributed by atoms with Gasteiger partial charge in [-0.05, 0) is 86.3 Å². The molecule has 0 aromatic heterocycles. The maximum Gasteiger partial charge on any atom is 0.251 e. The molecule has 1 N–H and O–H groups in total. The van der Waals surface area contributed by atoms with E-state index in [9.17, 15) is 17.6 Å². The molecule has 4 bridgehead atoms. The summed E-state index contributed by atoms with van der Waals surface area (Å²) in [6.45, 7) is 3.04. The zero-order valence-electron chi connectivity index (χ0n) is 18.7. The summed E-state index contributed by atoms with van der Waals surface area (Å²) in [4.78, 5) is 12.8. The molecule has 0 spiro atoms. The van der Waals surface area contributed by atoms with Gasteiger partial charge in [-0.2, -0.15) is 4.31 Å². The maximum atomic E-state index is 14.5. The summed E-state index contributed by atoms with van der Waals surface area (Å²) in [5.74, 6) is 1.20. The number of amides is 1. The summed E-state index contributed by atoms with van der Waals surface area (Å²) in [5, 5.41) is 3.23. The van der Waals surface area contributed by atoms with E-state index in [1.165, 1.54) is 55.0 Å². The number of nitrogens with zero attached hydrogens (tertiary/aromatic N) is 1. The molecule has 4 aliphatic carbocycles. The van der Waals surface area contributed by atoms with Crippen molar-refractivity contribution in [3.63, 3.8) is 0 Å². The van der Waals surface area contributed by atoms with Gasteiger partial charge in [0, 0.05) is 24.7 Å². The van der Waals surface area contributed by atoms with E-state index in [-0.39, 0.29) is 49.2 Å². The van der Waals surface area contributed by atoms with Gasteiger partial charge in [0.2, 0.25) is 10.0 Å². The molecular formula is C24H33FN2O4S. The summed E-state index contributed by atoms with van der Waals surface area (Å²) in [7, 11) is -4.02. The highest BCUT2D eigenvalue weighted by Crippen LogP contribution is 2.61. The van der Waals surface area contributed by atoms with Crippen LogP contribution in [-0.4, -0.2) is 51.0 Å². The molecule has 4 saturated carbocycles. The quantitative estimate of drug-likeness (QED) is 0.698. The maximum absolute atomic E-state index is 14.5. The third-order valence-corrected chi connectivity index (χ3v) is 10.2. The molecule has 6 nitrogen and oxygen atoms in total. The second-order valence-corrected chi connectivity index (χ2v) is 12.3. The lowest BCUT2D eigenvalue weighted by Crippen LogP contribution is -2.56. The highest BCUT2D eigenvalue weighted by atomic mass is 32.2. The SMILES string of the molecule is CC[C@H](NC(=O)c1ccc(F)c(S(=O)(=O)N2CCOCC2)c1)C12CC3CC(CC(C3)C1)C2. The number of rotatable bonds is 6. The van der Waals surface area contributed by atoms with E-state index in [0.29, 0.717) is 0 Å². The molecule has 5 fully saturated rings. The zero-order chi connectivity index (χ0) is 22.5. The normalized spacial score (nSPS) is 33.2. The van der Waals surface area contributed by atoms with Crippen LogP contribution in [0.3, 0.4) is 0 Å². The summed E-state index contributed by atoms with van der Waals surface area (Å²) in [6.07, 6.45) is 8.39. The van der Waals surface area contributed by atoms with Gasteiger partial charge in [-0.25, -0.2) is 12.8 Å². The number of halogens is 1. The van der Waals surface area contributed by atoms with E-state index in [1.807, 2.05) is 0 Å². The molecule has 176 valence electrons. The molecule has 5 aliphatic rings. The van der Waals surface area contributed by atoms with Gasteiger partial charge in [-0.15, -0.1) is 0 Å². The van der Waals surface area contributed by atoms with Crippen LogP contribution in [0.25, 0.3) is 0 Å². The average Bonchev–Trinajstić information content (AvgIpc) is 2.77. The smallest absolute Gasteiger partial charge is 0.251 e. The van der Waals surface area contributed by atoms with Crippen LogP contribution in [0.2, 0.25) is 0 Å². The third kappa shape index (κ3) is 3.88. The number of sulfonamides is 1. The van der Waals surface area contributed by atoms with Gasteiger partial charge in [-0.3, -0.25) is 4.79 Å². The molecule has 0 unspecified atom stereocenters. The predicted molar refractivity (Wildman–Crippen MR) is 118 cm³/mol. The first kappa shape index (κ1) is 22.3. The van der Waals surface area contributed by atoms with Crippen molar-refractivity contribution in [3.05, 3.63) is 29.6 Å². The molecule has 1 saturated heterocycles. The predicted octanol–water partition coefficient (Wildman–Crippen LogP) is 3.57. The number of morpholine rings is 1. The van der Waals surface area contributed by atoms with Crippen molar-refractivity contribution >= 4 is 15.9 Å². The fraction of sp³-hybridized carbons (Fsp3) is 0.708. The van der Waals surface area contributed by atoms with Crippen LogP contribution in [0.5, 0.6) is 0 Å². The number of benzene rings is 1. The van der Waals surface area contributed by atoms with Crippen molar-refractivity contribution in [1.82, 2.24) is 9.62 Å². The van der Waals surface area contributed by atoms with Crippen LogP contribution in [0.15, 0.2) is 23.1 Å². The van der Waals surface area contributed by atoms with Crippen molar-refractivity contribution in [2.24, 2.45) is 23.2 Å². The van der Waals surface area contributed by atoms with Crippen molar-refractivity contribution < 1.29 is 22.3 Å². The van der Waals surface area contributed by atoms with Crippen LogP contribution < -0.4 is 5.32 Å². The second-order valence-electron chi connectivity index (χ2n) is 10.4. The van der Waals surface area contributed by atoms with E-state index < -0.39 is 20.7 Å². The Morgan fingerprint density at radius 1 is 1.16 bits per heavy atom. The van der Waals surface area contributed by atoms with Crippen LogP contribution in [0.1, 0.15) is 62.2 Å². The minimum atomic E-state index is -4.02. The Morgan fingerprint density at radius 2 is 1.75 bits per heavy atom. The van der Waals surface area contributed by atoms with Gasteiger partial charge >= 0.3 is 0 Å². The standard InChI is InChI=1S/C24H33FN2O4S/c1-2-22(24-13-16-9-17(14-24)11-18(10-16)15-24)26-23(28)19-3-4-20(25)21(12-19)32(29,30)27-5-7-31-8-6-27/h3-4,12,16-18,22H,2,5-11,13-15H2,1H3,(H,26,28)/t16?,17?,18?,22-,24?/m0/s1. The van der Waals surface area contributed by atoms with Gasteiger partial charge in [0.1, 0.15) is 10.7 Å². The van der Waals surface area contributed by atoms with Crippen molar-refractivity contribution in [3.8, 4) is 0 Å². The Balaban J connectivity index is 1.37. The Bertz CT molecular complexity index is 954. The van der Waals surface area contributed by atoms with Gasteiger partial charge in [0.25, 0.3) is 5.91 Å². The molecule has 1 aromatic carbocycles. The number of ether oxygens (including phenoxy) is 1. The summed E-state index contributed by atoms with van der Waals surface area (Å²) in [6, 6.07) is 3.73. The molecule has 1 amide bonds. The van der Waals surface area contributed by atoms with Crippen molar-refractivity contribution in [1.29, 1.82) is 0 Å². The van der Waals surface area contributed by atoms with Gasteiger partial charge < -0.3 is 10.1 Å². The van der Waals surface area contributed by atoms with Crippen molar-refractivity contribution in [2.75, 3.05) is 26.3 Å². The van der Waals surface area contributed by atoms with Crippen molar-refractivity contribution in [2.45, 2.75) is 62.8 Å². The Labute approximate surface area is 189 Å². The third-order valence-electron chi connectivity index (χ3n) is 8.32. The second kappa shape index (κ2) is 8.37. The number of carbonyl (C=O) groups is 1. The number of nitrogens with one attached hydrogen (secondary N) is 1. The zero-order valence-corrected chi connectivity index (χ0v) is 19.5. The first-order valence-electron chi connectivity index (χ1n) is 12.0. The van der Waals surface area contributed by atoms with E-state index in [2.05, 4.69) is 12.2 Å². The van der Waals surface area contributed by atoms with Crippen LogP contribution in [0.4, 0.5) is 4.39 Å². The monoisotopic (exact) mass is 464 g/mol. The van der Waals surface area contributed by atoms with Gasteiger partial charge in [0.05, 0.1) is 13.2 Å². The molecule has 1 heterocycles. The molecule has 1 aromatic rings. The van der Waals surface area contributed by atoms with Gasteiger partial charge in [0.15, 0.2) is 0 Å². The topological polar surface area (TPSA) is 75.7 Å². The van der Waals surface area contributed by atoms with E-state index in [0.717, 1.165) is 30.2 Å². The number of hydrogen-bond donors (Lipinski definition) is 1. The fourth-order valence-electron chi connectivity index (χ4n) is 7.30. The first-order chi connectivity index (χ1) is 15.3. The lowest BCUT2D eigenvalue weighted by atomic mass is 9.47. The lowest BCUT2D eigenvalue weighted by molar-refractivity contribution is -0.0727. The van der Waals surface area contributed by atoms with Crippen LogP contribution >= 0.6 is 0 Å². The van der Waals surface area contributed by atoms with Gasteiger partial charge in [-0.1, -0.05) is 6.92 Å². The fourth-order valence-corrected chi connectivity index (χ4v) is 8.80. The number of carbonyl (C=O) groups excluding carboxylic acids is 1. The molecule has 8 heteroatoms. The Kier molecular flexibility index (Phi) is 5.83. The Hall–Kier alpha value is -1.51. The largest absolute Gasteiger partial charge is 0.379 e. The van der Waals surface area contributed by atoms with Crippen LogP contribution in [0, 0.1) is 29.0 Å². The molecule has 1 atom stereocenters. The highest BCUT2D eigenvalue weighted by molar-refractivity contribution is 7.89. The first-order valence-corrected chi connectivity index (χ1v) is 13.4. The summed E-state index contributed by atoms with van der Waals surface area (Å²) >= 11 is 0. The average molecular weight is 465 g/mol. The van der Waals surface area contributed by atoms with E-state index >= 15 is 0 Å². The van der Waals surface area contributed by atoms with E-state index in [1.54, 1.807) is 0 Å². The molecular weight excluding hydrogens is 431 g/mol. The molecule has 32 heavy (non-hydrogen) atoms. The summed E-state index contributed by atoms with van der Waals surface area (Å²) < 4.78 is 47.0. The minimum Gasteiger partial charge on any atom is -0.379 e. The molecule has 0 radical (unpaired) electrons. The number of hydrogen-bond acceptors (Lipinski definition) is 4. The lowest BCUT2D eigenvalue weighted by Gasteiger charge is -2.59. The highest BCUT2D eigenvalue weighted by Gasteiger charge is 2.54. The molecule has 1 aliphatic heterocycles. The minimum absolute atomic E-state index is 0.0627. The summed E-state index contributed by atoms with van der Waals surface area (Å²) in [5.41, 5.74) is 0.350. The van der Waals surface area contributed by atoms with Crippen LogP contribution in [-0.2, 0) is 14.8 Å².